The van der Waals surface area contributed by atoms with E-state index in [0.29, 0.717) is 5.92 Å². The minimum absolute atomic E-state index is 0.598. The van der Waals surface area contributed by atoms with Gasteiger partial charge in [0.15, 0.2) is 0 Å². The number of aromatic nitrogens is 1. The number of fused-ring (bicyclic) bond motifs is 1. The SMILES string of the molecule is CC(C)Cn1cc(CCNSN(C)C)c2ccc(-c3ccccc3-c3ccccc3)cc21. The fraction of sp³-hybridized carbons (Fsp3) is 0.286. The highest BCUT2D eigenvalue weighted by Crippen LogP contribution is 2.34. The number of hydrogen-bond donors (Lipinski definition) is 1. The van der Waals surface area contributed by atoms with Crippen LogP contribution in [-0.4, -0.2) is 29.5 Å². The van der Waals surface area contributed by atoms with Gasteiger partial charge in [0, 0.05) is 42.3 Å². The maximum atomic E-state index is 3.44. The van der Waals surface area contributed by atoms with Crippen LogP contribution in [0.25, 0.3) is 33.2 Å². The first-order valence-corrected chi connectivity index (χ1v) is 12.1. The van der Waals surface area contributed by atoms with Crippen LogP contribution in [0.15, 0.2) is 79.0 Å². The number of benzene rings is 3. The third kappa shape index (κ3) is 5.26. The monoisotopic (exact) mass is 443 g/mol. The second kappa shape index (κ2) is 10.4. The normalized spacial score (nSPS) is 11.7. The maximum Gasteiger partial charge on any atom is 0.0489 e. The zero-order valence-electron chi connectivity index (χ0n) is 19.5. The Hall–Kier alpha value is -2.53. The third-order valence-electron chi connectivity index (χ3n) is 5.59. The summed E-state index contributed by atoms with van der Waals surface area (Å²) in [5.74, 6) is 0.598. The summed E-state index contributed by atoms with van der Waals surface area (Å²) in [6.07, 6.45) is 3.38. The van der Waals surface area contributed by atoms with E-state index < -0.39 is 0 Å². The average Bonchev–Trinajstić information content (AvgIpc) is 3.13. The molecule has 0 aliphatic carbocycles. The Kier molecular flexibility index (Phi) is 7.36. The van der Waals surface area contributed by atoms with Crippen LogP contribution in [-0.2, 0) is 13.0 Å². The van der Waals surface area contributed by atoms with Crippen LogP contribution in [0.1, 0.15) is 19.4 Å². The molecule has 4 heteroatoms. The average molecular weight is 444 g/mol. The van der Waals surface area contributed by atoms with Gasteiger partial charge in [-0.1, -0.05) is 80.6 Å². The molecule has 0 saturated carbocycles. The number of nitrogens with one attached hydrogen (secondary N) is 1. The third-order valence-corrected chi connectivity index (χ3v) is 6.29. The Morgan fingerprint density at radius 1 is 0.875 bits per heavy atom. The van der Waals surface area contributed by atoms with Gasteiger partial charge in [0.1, 0.15) is 0 Å². The van der Waals surface area contributed by atoms with Gasteiger partial charge in [-0.25, -0.2) is 4.31 Å². The first-order valence-electron chi connectivity index (χ1n) is 11.4. The molecule has 4 aromatic rings. The molecule has 166 valence electrons. The standard InChI is InChI=1S/C28H33N3S/c1-21(2)19-31-20-24(16-17-29-32-30(3)4)27-15-14-23(18-28(27)31)26-13-9-8-12-25(26)22-10-6-5-7-11-22/h5-15,18,20-21,29H,16-17,19H2,1-4H3. The molecule has 4 rings (SSSR count). The van der Waals surface area contributed by atoms with Crippen molar-refractivity contribution >= 4 is 23.0 Å². The molecule has 0 saturated heterocycles. The number of nitrogens with zero attached hydrogens (tertiary/aromatic N) is 2. The van der Waals surface area contributed by atoms with Crippen LogP contribution in [0.2, 0.25) is 0 Å². The molecule has 0 amide bonds. The highest BCUT2D eigenvalue weighted by atomic mass is 32.2. The number of hydrogen-bond acceptors (Lipinski definition) is 3. The highest BCUT2D eigenvalue weighted by Gasteiger charge is 2.13. The molecule has 0 atom stereocenters. The van der Waals surface area contributed by atoms with Crippen molar-refractivity contribution < 1.29 is 0 Å². The smallest absolute Gasteiger partial charge is 0.0489 e. The zero-order chi connectivity index (χ0) is 22.5. The van der Waals surface area contributed by atoms with Gasteiger partial charge < -0.3 is 4.57 Å². The maximum absolute atomic E-state index is 3.44. The minimum atomic E-state index is 0.598. The molecule has 3 nitrogen and oxygen atoms in total. The predicted octanol–water partition coefficient (Wildman–Crippen LogP) is 6.89. The molecule has 1 aromatic heterocycles. The lowest BCUT2D eigenvalue weighted by Gasteiger charge is -2.12. The van der Waals surface area contributed by atoms with Gasteiger partial charge in [-0.2, -0.15) is 0 Å². The second-order valence-electron chi connectivity index (χ2n) is 8.89. The summed E-state index contributed by atoms with van der Waals surface area (Å²) in [4.78, 5) is 0. The summed E-state index contributed by atoms with van der Waals surface area (Å²) in [5.41, 5.74) is 7.83. The molecule has 0 aliphatic rings. The van der Waals surface area contributed by atoms with Crippen molar-refractivity contribution in [3.05, 3.63) is 84.6 Å². The van der Waals surface area contributed by atoms with Gasteiger partial charge >= 0.3 is 0 Å². The second-order valence-corrected chi connectivity index (χ2v) is 10.1. The Balaban J connectivity index is 1.73. The van der Waals surface area contributed by atoms with E-state index in [1.165, 1.54) is 38.7 Å². The van der Waals surface area contributed by atoms with Crippen molar-refractivity contribution in [2.75, 3.05) is 20.6 Å². The summed E-state index contributed by atoms with van der Waals surface area (Å²) < 4.78 is 7.97. The van der Waals surface area contributed by atoms with Crippen molar-refractivity contribution in [2.24, 2.45) is 5.92 Å². The molecule has 32 heavy (non-hydrogen) atoms. The van der Waals surface area contributed by atoms with Crippen molar-refractivity contribution in [3.63, 3.8) is 0 Å². The quantitative estimate of drug-likeness (QED) is 0.225. The molecule has 0 radical (unpaired) electrons. The van der Waals surface area contributed by atoms with E-state index in [1.54, 1.807) is 12.1 Å². The number of rotatable bonds is 9. The van der Waals surface area contributed by atoms with E-state index in [4.69, 9.17) is 0 Å². The largest absolute Gasteiger partial charge is 0.347 e. The van der Waals surface area contributed by atoms with Crippen LogP contribution < -0.4 is 4.72 Å². The topological polar surface area (TPSA) is 20.2 Å². The first kappa shape index (κ1) is 22.7. The molecular weight excluding hydrogens is 410 g/mol. The summed E-state index contributed by atoms with van der Waals surface area (Å²) >= 11 is 1.65. The molecule has 1 N–H and O–H groups in total. The van der Waals surface area contributed by atoms with Crippen molar-refractivity contribution in [1.29, 1.82) is 0 Å². The van der Waals surface area contributed by atoms with Crippen LogP contribution in [0.4, 0.5) is 0 Å². The van der Waals surface area contributed by atoms with E-state index in [1.807, 2.05) is 0 Å². The molecule has 0 aliphatic heterocycles. The first-order chi connectivity index (χ1) is 15.5. The molecule has 0 unspecified atom stereocenters. The summed E-state index contributed by atoms with van der Waals surface area (Å²) in [6.45, 7) is 6.55. The summed E-state index contributed by atoms with van der Waals surface area (Å²) in [6, 6.07) is 26.4. The van der Waals surface area contributed by atoms with E-state index in [2.05, 4.69) is 121 Å². The van der Waals surface area contributed by atoms with Gasteiger partial charge in [-0.05, 0) is 60.3 Å². The summed E-state index contributed by atoms with van der Waals surface area (Å²) in [7, 11) is 4.11. The Morgan fingerprint density at radius 3 is 2.25 bits per heavy atom. The molecule has 0 bridgehead atoms. The Labute approximate surface area is 196 Å². The van der Waals surface area contributed by atoms with E-state index in [-0.39, 0.29) is 0 Å². The predicted molar refractivity (Wildman–Crippen MR) is 141 cm³/mol. The lowest BCUT2D eigenvalue weighted by molar-refractivity contribution is 0.534. The fourth-order valence-electron chi connectivity index (χ4n) is 4.24. The lowest BCUT2D eigenvalue weighted by Crippen LogP contribution is -2.15. The van der Waals surface area contributed by atoms with Gasteiger partial charge in [0.05, 0.1) is 0 Å². The van der Waals surface area contributed by atoms with Crippen LogP contribution in [0.5, 0.6) is 0 Å². The minimum Gasteiger partial charge on any atom is -0.347 e. The molecular formula is C28H33N3S. The highest BCUT2D eigenvalue weighted by molar-refractivity contribution is 7.95. The van der Waals surface area contributed by atoms with Gasteiger partial charge in [0.25, 0.3) is 0 Å². The van der Waals surface area contributed by atoms with E-state index in [9.17, 15) is 0 Å². The van der Waals surface area contributed by atoms with Gasteiger partial charge in [0.2, 0.25) is 0 Å². The van der Waals surface area contributed by atoms with Crippen LogP contribution >= 0.6 is 12.1 Å². The molecule has 0 fully saturated rings. The van der Waals surface area contributed by atoms with Crippen LogP contribution in [0, 0.1) is 5.92 Å². The van der Waals surface area contributed by atoms with E-state index in [0.717, 1.165) is 19.5 Å². The van der Waals surface area contributed by atoms with Gasteiger partial charge in [-0.15, -0.1) is 0 Å². The summed E-state index contributed by atoms with van der Waals surface area (Å²) in [5, 5.41) is 1.36. The lowest BCUT2D eigenvalue weighted by atomic mass is 9.94. The Morgan fingerprint density at radius 2 is 1.56 bits per heavy atom. The zero-order valence-corrected chi connectivity index (χ0v) is 20.3. The van der Waals surface area contributed by atoms with Gasteiger partial charge in [-0.3, -0.25) is 4.72 Å². The molecule has 3 aromatic carbocycles. The van der Waals surface area contributed by atoms with Crippen molar-refractivity contribution in [1.82, 2.24) is 13.6 Å². The fourth-order valence-corrected chi connectivity index (χ4v) is 4.70. The van der Waals surface area contributed by atoms with E-state index >= 15 is 0 Å². The molecule has 1 heterocycles. The Bertz CT molecular complexity index is 1160. The van der Waals surface area contributed by atoms with Crippen molar-refractivity contribution in [2.45, 2.75) is 26.8 Å². The molecule has 0 spiro atoms. The van der Waals surface area contributed by atoms with Crippen LogP contribution in [0.3, 0.4) is 0 Å². The van der Waals surface area contributed by atoms with Crippen molar-refractivity contribution in [3.8, 4) is 22.3 Å².